The van der Waals surface area contributed by atoms with Gasteiger partial charge in [0.05, 0.1) is 6.10 Å². The Morgan fingerprint density at radius 3 is 2.43 bits per heavy atom. The van der Waals surface area contributed by atoms with Gasteiger partial charge in [0.25, 0.3) is 0 Å². The molecule has 0 aromatic rings. The highest BCUT2D eigenvalue weighted by molar-refractivity contribution is 6.06. The van der Waals surface area contributed by atoms with E-state index in [4.69, 9.17) is 5.73 Å². The first-order chi connectivity index (χ1) is 19.6. The average Bonchev–Trinajstić information content (AvgIpc) is 3.30. The lowest BCUT2D eigenvalue weighted by Gasteiger charge is -2.70. The van der Waals surface area contributed by atoms with Crippen molar-refractivity contribution in [2.45, 2.75) is 111 Å². The predicted molar refractivity (Wildman–Crippen MR) is 162 cm³/mol. The Bertz CT molecular complexity index is 1340. The Morgan fingerprint density at radius 2 is 1.79 bits per heavy atom. The van der Waals surface area contributed by atoms with E-state index in [0.29, 0.717) is 24.3 Å². The molecule has 230 valence electrons. The monoisotopic (exact) mass is 578 g/mol. The number of hydrogen-bond acceptors (Lipinski definition) is 5. The molecular weight excluding hydrogens is 528 g/mol. The summed E-state index contributed by atoms with van der Waals surface area (Å²) in [5.41, 5.74) is 10.0. The zero-order chi connectivity index (χ0) is 30.6. The predicted octanol–water partition coefficient (Wildman–Crippen LogP) is 5.73. The number of fused-ring (bicyclic) bond motifs is 7. The number of carbonyl (C=O) groups excluding carboxylic acids is 2. The van der Waals surface area contributed by atoms with E-state index >= 15 is 0 Å². The minimum atomic E-state index is -0.605. The minimum absolute atomic E-state index is 0.0143. The van der Waals surface area contributed by atoms with E-state index in [1.54, 1.807) is 6.08 Å². The first-order valence-electron chi connectivity index (χ1n) is 16.1. The fourth-order valence-electron chi connectivity index (χ4n) is 11.1. The first-order valence-corrected chi connectivity index (χ1v) is 16.1. The van der Waals surface area contributed by atoms with Crippen molar-refractivity contribution in [2.75, 3.05) is 6.61 Å². The van der Waals surface area contributed by atoms with Crippen LogP contribution in [0.15, 0.2) is 46.3 Å². The molecule has 42 heavy (non-hydrogen) atoms. The maximum absolute atomic E-state index is 13.0. The molecule has 0 saturated heterocycles. The van der Waals surface area contributed by atoms with Gasteiger partial charge in [-0.05, 0) is 104 Å². The minimum Gasteiger partial charge on any atom is -0.504 e. The lowest BCUT2D eigenvalue weighted by Crippen LogP contribution is -2.64. The Hall–Kier alpha value is -2.38. The van der Waals surface area contributed by atoms with Crippen molar-refractivity contribution < 1.29 is 24.9 Å². The van der Waals surface area contributed by atoms with E-state index < -0.39 is 12.1 Å². The molecule has 6 aliphatic carbocycles. The van der Waals surface area contributed by atoms with E-state index in [1.807, 2.05) is 11.8 Å². The summed E-state index contributed by atoms with van der Waals surface area (Å²) in [6, 6.07) is -0.537. The van der Waals surface area contributed by atoms with Crippen LogP contribution in [0.25, 0.3) is 0 Å². The molecule has 6 rings (SSSR count). The van der Waals surface area contributed by atoms with Gasteiger partial charge in [-0.1, -0.05) is 52.3 Å². The number of nitrogens with zero attached hydrogens (tertiary/aromatic N) is 1. The van der Waals surface area contributed by atoms with Crippen LogP contribution in [0.3, 0.4) is 0 Å². The molecule has 2 amide bonds. The molecule has 5 N–H and O–H groups in total. The van der Waals surface area contributed by atoms with Crippen molar-refractivity contribution in [3.05, 3.63) is 46.3 Å². The molecular formula is C35H50N2O5. The second kappa shape index (κ2) is 9.56. The molecule has 7 nitrogen and oxygen atoms in total. The number of urea groups is 1. The quantitative estimate of drug-likeness (QED) is 0.340. The summed E-state index contributed by atoms with van der Waals surface area (Å²) < 4.78 is 0. The summed E-state index contributed by atoms with van der Waals surface area (Å²) in [6.45, 7) is 13.7. The third-order valence-corrected chi connectivity index (χ3v) is 13.8. The number of carbonyl (C=O) groups is 2. The van der Waals surface area contributed by atoms with Gasteiger partial charge >= 0.3 is 6.03 Å². The summed E-state index contributed by atoms with van der Waals surface area (Å²) in [5, 5.41) is 30.7. The van der Waals surface area contributed by atoms with Crippen molar-refractivity contribution in [1.82, 2.24) is 4.90 Å². The van der Waals surface area contributed by atoms with Crippen LogP contribution < -0.4 is 5.73 Å². The van der Waals surface area contributed by atoms with Gasteiger partial charge in [0.2, 0.25) is 5.78 Å². The van der Waals surface area contributed by atoms with Gasteiger partial charge in [-0.2, -0.15) is 0 Å². The third kappa shape index (κ3) is 3.84. The average molecular weight is 579 g/mol. The maximum atomic E-state index is 13.0. The number of rotatable bonds is 3. The zero-order valence-corrected chi connectivity index (χ0v) is 26.2. The van der Waals surface area contributed by atoms with Gasteiger partial charge in [-0.3, -0.25) is 4.79 Å². The SMILES string of the molecule is CC1=C(O)C(=O)C=C2C1=CC=C1[C@@]2(C)CC[C@@]2(C)[C@@H]3C[C@@H](C)C(N(C(N)=O)C4CC(O)[C@@H](CO)C4)C[C@]3(C)CC[C@]12C. The van der Waals surface area contributed by atoms with Crippen LogP contribution >= 0.6 is 0 Å². The fraction of sp³-hybridized carbons (Fsp3) is 0.714. The lowest BCUT2D eigenvalue weighted by molar-refractivity contribution is -0.161. The molecule has 0 bridgehead atoms. The van der Waals surface area contributed by atoms with Crippen LogP contribution in [0.4, 0.5) is 4.79 Å². The first kappa shape index (κ1) is 29.7. The molecule has 7 heteroatoms. The fourth-order valence-corrected chi connectivity index (χ4v) is 11.1. The van der Waals surface area contributed by atoms with Gasteiger partial charge < -0.3 is 26.0 Å². The van der Waals surface area contributed by atoms with E-state index in [0.717, 1.165) is 49.7 Å². The number of primary amides is 1. The third-order valence-electron chi connectivity index (χ3n) is 13.8. The Balaban J connectivity index is 1.34. The summed E-state index contributed by atoms with van der Waals surface area (Å²) >= 11 is 0. The van der Waals surface area contributed by atoms with Crippen molar-refractivity contribution in [2.24, 2.45) is 45.1 Å². The van der Waals surface area contributed by atoms with Crippen molar-refractivity contribution in [3.8, 4) is 0 Å². The highest BCUT2D eigenvalue weighted by atomic mass is 16.3. The van der Waals surface area contributed by atoms with E-state index in [2.05, 4.69) is 46.8 Å². The second-order valence-electron chi connectivity index (χ2n) is 15.7. The van der Waals surface area contributed by atoms with Gasteiger partial charge in [-0.25, -0.2) is 4.79 Å². The topological polar surface area (TPSA) is 124 Å². The molecule has 0 heterocycles. The van der Waals surface area contributed by atoms with E-state index in [9.17, 15) is 24.9 Å². The number of nitrogens with two attached hydrogens (primary N) is 1. The molecule has 10 atom stereocenters. The van der Waals surface area contributed by atoms with Gasteiger partial charge in [0, 0.05) is 35.6 Å². The molecule has 0 aliphatic heterocycles. The maximum Gasteiger partial charge on any atom is 0.315 e. The van der Waals surface area contributed by atoms with E-state index in [-0.39, 0.29) is 63.7 Å². The molecule has 4 fully saturated rings. The van der Waals surface area contributed by atoms with Crippen LogP contribution in [-0.4, -0.2) is 56.8 Å². The molecule has 4 saturated carbocycles. The second-order valence-corrected chi connectivity index (χ2v) is 15.7. The smallest absolute Gasteiger partial charge is 0.315 e. The highest BCUT2D eigenvalue weighted by Crippen LogP contribution is 2.75. The zero-order valence-electron chi connectivity index (χ0n) is 26.2. The van der Waals surface area contributed by atoms with Crippen LogP contribution in [0.2, 0.25) is 0 Å². The van der Waals surface area contributed by atoms with Crippen molar-refractivity contribution in [3.63, 3.8) is 0 Å². The standard InChI is InChI=1S/C35H50N2O5/c1-19-13-29-32(3,17-25(19)37(31(36)42)22-14-21(18-38)26(39)15-22)9-11-34(5)28-8-7-23-20(2)30(41)27(40)16-24(23)33(28,4)10-12-35(29,34)6/h7-8,16,19,21-22,25-26,29,38-39,41H,9-15,17-18H2,1-6H3,(H2,36,42)/t19-,21-,22?,25?,26?,29-,32+,33+,34-,35+/m1/s1. The van der Waals surface area contributed by atoms with Gasteiger partial charge in [0.15, 0.2) is 5.76 Å². The molecule has 6 aliphatic rings. The molecule has 0 spiro atoms. The lowest BCUT2D eigenvalue weighted by atomic mass is 9.35. The number of ketones is 1. The van der Waals surface area contributed by atoms with Crippen LogP contribution in [-0.2, 0) is 4.79 Å². The van der Waals surface area contributed by atoms with Crippen LogP contribution in [0.5, 0.6) is 0 Å². The van der Waals surface area contributed by atoms with Crippen LogP contribution in [0, 0.1) is 39.4 Å². The summed E-state index contributed by atoms with van der Waals surface area (Å²) in [6.07, 6.45) is 12.6. The number of amides is 2. The normalized spacial score (nSPS) is 46.5. The largest absolute Gasteiger partial charge is 0.504 e. The van der Waals surface area contributed by atoms with Gasteiger partial charge in [0.1, 0.15) is 0 Å². The van der Waals surface area contributed by atoms with Crippen LogP contribution in [0.1, 0.15) is 92.9 Å². The number of allylic oxidation sites excluding steroid dienone is 7. The van der Waals surface area contributed by atoms with Crippen molar-refractivity contribution >= 4 is 11.8 Å². The summed E-state index contributed by atoms with van der Waals surface area (Å²) in [5.74, 6) is 0.0897. The number of aliphatic hydroxyl groups is 3. The summed E-state index contributed by atoms with van der Waals surface area (Å²) in [7, 11) is 0. The number of hydrogen-bond donors (Lipinski definition) is 4. The Morgan fingerprint density at radius 1 is 1.07 bits per heavy atom. The summed E-state index contributed by atoms with van der Waals surface area (Å²) in [4.78, 5) is 27.6. The molecule has 0 aromatic carbocycles. The number of aliphatic hydroxyl groups excluding tert-OH is 3. The Labute approximate surface area is 250 Å². The van der Waals surface area contributed by atoms with Crippen molar-refractivity contribution in [1.29, 1.82) is 0 Å². The Kier molecular flexibility index (Phi) is 6.75. The van der Waals surface area contributed by atoms with E-state index in [1.165, 1.54) is 5.57 Å². The molecule has 0 aromatic heterocycles. The molecule has 3 unspecified atom stereocenters. The highest BCUT2D eigenvalue weighted by Gasteiger charge is 2.67. The van der Waals surface area contributed by atoms with Gasteiger partial charge in [-0.15, -0.1) is 0 Å². The molecule has 0 radical (unpaired) electrons.